The van der Waals surface area contributed by atoms with Crippen molar-refractivity contribution in [3.63, 3.8) is 0 Å². The van der Waals surface area contributed by atoms with E-state index in [1.54, 1.807) is 0 Å². The smallest absolute Gasteiger partial charge is 0.213 e. The molecule has 0 saturated heterocycles. The van der Waals surface area contributed by atoms with Crippen LogP contribution < -0.4 is 4.74 Å². The summed E-state index contributed by atoms with van der Waals surface area (Å²) in [5, 5.41) is 7.18. The second kappa shape index (κ2) is 7.86. The van der Waals surface area contributed by atoms with Crippen molar-refractivity contribution in [2.75, 3.05) is 0 Å². The Labute approximate surface area is 194 Å². The van der Waals surface area contributed by atoms with Crippen LogP contribution in [0.2, 0.25) is 0 Å². The van der Waals surface area contributed by atoms with Gasteiger partial charge in [-0.15, -0.1) is 0 Å². The Balaban J connectivity index is 1.60. The van der Waals surface area contributed by atoms with E-state index in [0.29, 0.717) is 5.92 Å². The monoisotopic (exact) mass is 524 g/mol. The van der Waals surface area contributed by atoms with Gasteiger partial charge in [0, 0.05) is 22.0 Å². The van der Waals surface area contributed by atoms with Crippen molar-refractivity contribution in [2.24, 2.45) is 5.10 Å². The van der Waals surface area contributed by atoms with Gasteiger partial charge in [-0.1, -0.05) is 84.4 Å². The fourth-order valence-corrected chi connectivity index (χ4v) is 5.54. The molecule has 2 heterocycles. The van der Waals surface area contributed by atoms with Gasteiger partial charge in [0.2, 0.25) is 6.23 Å². The maximum absolute atomic E-state index is 6.55. The zero-order chi connectivity index (χ0) is 20.8. The first-order valence-corrected chi connectivity index (χ1v) is 11.8. The molecule has 0 bridgehead atoms. The maximum Gasteiger partial charge on any atom is 0.213 e. The second-order valence-corrected chi connectivity index (χ2v) is 9.88. The largest absolute Gasteiger partial charge is 0.463 e. The van der Waals surface area contributed by atoms with E-state index < -0.39 is 0 Å². The van der Waals surface area contributed by atoms with E-state index in [1.165, 1.54) is 5.56 Å². The molecule has 3 aromatic rings. The molecule has 3 nitrogen and oxygen atoms in total. The van der Waals surface area contributed by atoms with Gasteiger partial charge in [0.25, 0.3) is 0 Å². The Morgan fingerprint density at radius 3 is 2.43 bits per heavy atom. The lowest BCUT2D eigenvalue weighted by Crippen LogP contribution is -2.34. The van der Waals surface area contributed by atoms with E-state index in [0.717, 1.165) is 43.5 Å². The Hall–Kier alpha value is -2.11. The van der Waals surface area contributed by atoms with Crippen LogP contribution in [0, 0.1) is 0 Å². The summed E-state index contributed by atoms with van der Waals surface area (Å²) in [5.41, 5.74) is 5.85. The minimum absolute atomic E-state index is 0.132. The van der Waals surface area contributed by atoms with Crippen LogP contribution in [0.25, 0.3) is 0 Å². The van der Waals surface area contributed by atoms with Gasteiger partial charge in [-0.3, -0.25) is 0 Å². The van der Waals surface area contributed by atoms with Crippen molar-refractivity contribution < 1.29 is 4.74 Å². The zero-order valence-electron chi connectivity index (χ0n) is 16.8. The second-order valence-electron chi connectivity index (χ2n) is 8.11. The Kier molecular flexibility index (Phi) is 5.19. The molecule has 5 rings (SSSR count). The van der Waals surface area contributed by atoms with Gasteiger partial charge in [0.05, 0.1) is 16.2 Å². The molecular formula is C25H22Br2N2O. The molecule has 0 aliphatic carbocycles. The van der Waals surface area contributed by atoms with Crippen LogP contribution in [0.1, 0.15) is 60.7 Å². The highest BCUT2D eigenvalue weighted by atomic mass is 79.9. The summed E-state index contributed by atoms with van der Waals surface area (Å²) in [7, 11) is 0. The number of hydrogen-bond acceptors (Lipinski definition) is 3. The predicted octanol–water partition coefficient (Wildman–Crippen LogP) is 7.58. The molecule has 2 aliphatic rings. The van der Waals surface area contributed by atoms with E-state index in [1.807, 2.05) is 12.1 Å². The van der Waals surface area contributed by atoms with Crippen LogP contribution in [-0.2, 0) is 0 Å². The van der Waals surface area contributed by atoms with Gasteiger partial charge < -0.3 is 4.74 Å². The average molecular weight is 526 g/mol. The normalized spacial score (nSPS) is 19.9. The summed E-state index contributed by atoms with van der Waals surface area (Å²) in [4.78, 5) is 0. The van der Waals surface area contributed by atoms with Gasteiger partial charge in [-0.05, 0) is 45.1 Å². The molecule has 152 valence electrons. The number of ether oxygens (including phenoxy) is 1. The lowest BCUT2D eigenvalue weighted by Gasteiger charge is -2.38. The zero-order valence-corrected chi connectivity index (χ0v) is 20.0. The predicted molar refractivity (Wildman–Crippen MR) is 128 cm³/mol. The number of halogens is 2. The topological polar surface area (TPSA) is 24.8 Å². The molecule has 0 radical (unpaired) electrons. The lowest BCUT2D eigenvalue weighted by molar-refractivity contribution is -0.0197. The van der Waals surface area contributed by atoms with Crippen LogP contribution in [0.15, 0.2) is 80.8 Å². The molecule has 0 N–H and O–H groups in total. The van der Waals surface area contributed by atoms with Gasteiger partial charge in [0.1, 0.15) is 5.75 Å². The van der Waals surface area contributed by atoms with Gasteiger partial charge >= 0.3 is 0 Å². The number of benzene rings is 3. The Morgan fingerprint density at radius 2 is 1.73 bits per heavy atom. The number of hydrogen-bond donors (Lipinski definition) is 0. The Morgan fingerprint density at radius 1 is 1.00 bits per heavy atom. The van der Waals surface area contributed by atoms with E-state index in [2.05, 4.69) is 105 Å². The molecule has 0 amide bonds. The highest BCUT2D eigenvalue weighted by molar-refractivity contribution is 9.11. The summed E-state index contributed by atoms with van der Waals surface area (Å²) in [6.07, 6.45) is 0.589. The number of rotatable bonds is 3. The molecular weight excluding hydrogens is 504 g/mol. The van der Waals surface area contributed by atoms with Crippen LogP contribution in [0.5, 0.6) is 5.75 Å². The van der Waals surface area contributed by atoms with Crippen molar-refractivity contribution in [1.29, 1.82) is 0 Å². The van der Waals surface area contributed by atoms with Crippen molar-refractivity contribution in [3.8, 4) is 5.75 Å². The van der Waals surface area contributed by atoms with E-state index in [4.69, 9.17) is 9.84 Å². The molecule has 5 heteroatoms. The van der Waals surface area contributed by atoms with Crippen LogP contribution in [-0.4, -0.2) is 10.7 Å². The summed E-state index contributed by atoms with van der Waals surface area (Å²) in [5.74, 6) is 1.41. The molecule has 0 aromatic heterocycles. The van der Waals surface area contributed by atoms with Gasteiger partial charge in [-0.2, -0.15) is 5.10 Å². The van der Waals surface area contributed by atoms with E-state index in [9.17, 15) is 0 Å². The molecule has 0 spiro atoms. The minimum atomic E-state index is -0.262. The highest BCUT2D eigenvalue weighted by Crippen LogP contribution is 2.50. The third-order valence-corrected chi connectivity index (χ3v) is 6.85. The third-order valence-electron chi connectivity index (χ3n) is 5.80. The average Bonchev–Trinajstić information content (AvgIpc) is 3.20. The van der Waals surface area contributed by atoms with Crippen molar-refractivity contribution in [1.82, 2.24) is 5.01 Å². The number of nitrogens with zero attached hydrogens (tertiary/aromatic N) is 2. The molecule has 2 atom stereocenters. The van der Waals surface area contributed by atoms with Gasteiger partial charge in [-0.25, -0.2) is 5.01 Å². The fourth-order valence-electron chi connectivity index (χ4n) is 4.19. The number of hydrazone groups is 1. The summed E-state index contributed by atoms with van der Waals surface area (Å²) in [6, 6.07) is 23.5. The lowest BCUT2D eigenvalue weighted by atomic mass is 9.95. The molecule has 30 heavy (non-hydrogen) atoms. The van der Waals surface area contributed by atoms with Crippen LogP contribution in [0.3, 0.4) is 0 Å². The fraction of sp³-hybridized carbons (Fsp3) is 0.240. The molecule has 0 fully saturated rings. The van der Waals surface area contributed by atoms with Crippen molar-refractivity contribution in [2.45, 2.75) is 38.5 Å². The summed E-state index contributed by atoms with van der Waals surface area (Å²) >= 11 is 7.35. The minimum Gasteiger partial charge on any atom is -0.463 e. The Bertz CT molecular complexity index is 1110. The first kappa shape index (κ1) is 19.8. The quantitative estimate of drug-likeness (QED) is 0.352. The maximum atomic E-state index is 6.55. The first-order chi connectivity index (χ1) is 14.5. The molecule has 3 aromatic carbocycles. The molecule has 0 unspecified atom stereocenters. The van der Waals surface area contributed by atoms with E-state index >= 15 is 0 Å². The van der Waals surface area contributed by atoms with Crippen LogP contribution in [0.4, 0.5) is 0 Å². The molecule has 2 aliphatic heterocycles. The van der Waals surface area contributed by atoms with E-state index in [-0.39, 0.29) is 12.3 Å². The molecule has 0 saturated carbocycles. The standard InChI is InChI=1S/C25H22Br2N2O/c1-15(2)16-8-10-18(11-9-16)25-29-23(14-22(28-29)17-6-4-3-5-7-17)20-12-19(26)13-21(27)24(20)30-25/h3-13,15,23,25H,14H2,1-2H3/t23-,25-/m1/s1. The summed E-state index contributed by atoms with van der Waals surface area (Å²) in [6.45, 7) is 4.43. The summed E-state index contributed by atoms with van der Waals surface area (Å²) < 4.78 is 8.55. The highest BCUT2D eigenvalue weighted by Gasteiger charge is 2.41. The van der Waals surface area contributed by atoms with Gasteiger partial charge in [0.15, 0.2) is 0 Å². The number of fused-ring (bicyclic) bond motifs is 3. The van der Waals surface area contributed by atoms with Crippen molar-refractivity contribution in [3.05, 3.63) is 97.9 Å². The van der Waals surface area contributed by atoms with Crippen LogP contribution >= 0.6 is 31.9 Å². The first-order valence-electron chi connectivity index (χ1n) is 10.2. The SMILES string of the molecule is CC(C)c1ccc([C@H]2Oc3c(Br)cc(Br)cc3[C@H]3CC(c4ccccc4)=NN32)cc1. The third kappa shape index (κ3) is 3.48. The van der Waals surface area contributed by atoms with Crippen molar-refractivity contribution >= 4 is 37.6 Å².